The Balaban J connectivity index is -0.00000000750. The minimum absolute atomic E-state index is 0. The molecule has 0 fully saturated rings. The maximum atomic E-state index is 9.00. The molecule has 0 bridgehead atoms. The zero-order chi connectivity index (χ0) is 3.58. The molecular formula is C2H5CoLiMnNiO2. The van der Waals surface area contributed by atoms with Gasteiger partial charge in [0.2, 0.25) is 0 Å². The summed E-state index contributed by atoms with van der Waals surface area (Å²) in [7, 11) is 0. The van der Waals surface area contributed by atoms with Crippen LogP contribution in [0, 0.1) is 0 Å². The first-order chi connectivity index (χ1) is 1.73. The average molecular weight is 241 g/mol. The molecule has 0 unspecified atom stereocenters. The Morgan fingerprint density at radius 1 is 1.50 bits per heavy atom. The van der Waals surface area contributed by atoms with Crippen LogP contribution in [-0.2, 0) is 55.1 Å². The van der Waals surface area contributed by atoms with Gasteiger partial charge in [-0.3, -0.25) is 4.79 Å². The summed E-state index contributed by atoms with van der Waals surface area (Å²) in [5, 5.41) is 7.42. The largest absolute Gasteiger partial charge is 0 e. The molecule has 0 aromatic carbocycles. The maximum absolute atomic E-state index is 9.00. The number of rotatable bonds is 0. The predicted octanol–water partition coefficient (Wildman–Crippen LogP) is -0.565. The van der Waals surface area contributed by atoms with Crippen molar-refractivity contribution in [3.63, 3.8) is 0 Å². The molecule has 0 aromatic heterocycles. The summed E-state index contributed by atoms with van der Waals surface area (Å²) < 4.78 is 0. The van der Waals surface area contributed by atoms with Gasteiger partial charge in [-0.2, -0.15) is 0 Å². The van der Waals surface area contributed by atoms with Crippen molar-refractivity contribution in [2.45, 2.75) is 6.92 Å². The summed E-state index contributed by atoms with van der Waals surface area (Å²) >= 11 is 0. The summed E-state index contributed by atoms with van der Waals surface area (Å²) in [4.78, 5) is 9.00. The standard InChI is InChI=1S/C2H4O2.Co.Li.Mn.Ni.H/c1-2(3)4;;;;;/h1H3,(H,3,4);;;;;. The van der Waals surface area contributed by atoms with Gasteiger partial charge in [-0.25, -0.2) is 0 Å². The molecule has 0 aliphatic heterocycles. The Kier molecular flexibility index (Phi) is 98.7. The molecule has 52 valence electrons. The number of carbonyl (C=O) groups is 1. The van der Waals surface area contributed by atoms with E-state index >= 15 is 0 Å². The molecule has 6 heteroatoms. The maximum Gasteiger partial charge on any atom is 0 e. The molecule has 0 saturated heterocycles. The van der Waals surface area contributed by atoms with Crippen molar-refractivity contribution in [2.24, 2.45) is 0 Å². The summed E-state index contributed by atoms with van der Waals surface area (Å²) in [6, 6.07) is 0. The molecule has 0 atom stereocenters. The van der Waals surface area contributed by atoms with Crippen LogP contribution < -0.4 is 0 Å². The first kappa shape index (κ1) is 33.6. The molecule has 2 nitrogen and oxygen atoms in total. The van der Waals surface area contributed by atoms with E-state index in [-0.39, 0.29) is 69.2 Å². The SMILES string of the molecule is CC(=O)O.[Co].[LiH].[Mn].[Ni]. The fourth-order valence-electron chi connectivity index (χ4n) is 0. The smallest absolute Gasteiger partial charge is 0 e. The Bertz CT molecular complexity index is 43.0. The Hall–Kier alpha value is 1.59. The molecule has 1 N–H and O–H groups in total. The second-order valence-electron chi connectivity index (χ2n) is 0.519. The van der Waals surface area contributed by atoms with Gasteiger partial charge in [0.15, 0.2) is 0 Å². The number of hydrogen-bond donors (Lipinski definition) is 1. The molecule has 0 saturated carbocycles. The van der Waals surface area contributed by atoms with E-state index in [1.165, 1.54) is 0 Å². The molecular weight excluding hydrogens is 236 g/mol. The molecule has 0 amide bonds. The van der Waals surface area contributed by atoms with Gasteiger partial charge in [-0.1, -0.05) is 0 Å². The monoisotopic (exact) mass is 240 g/mol. The van der Waals surface area contributed by atoms with E-state index in [9.17, 15) is 0 Å². The van der Waals surface area contributed by atoms with Gasteiger partial charge < -0.3 is 5.11 Å². The Labute approximate surface area is 91.3 Å². The van der Waals surface area contributed by atoms with Crippen molar-refractivity contribution >= 4 is 24.8 Å². The van der Waals surface area contributed by atoms with Gasteiger partial charge in [0.25, 0.3) is 5.97 Å². The first-order valence-corrected chi connectivity index (χ1v) is 0.928. The summed E-state index contributed by atoms with van der Waals surface area (Å²) in [5.41, 5.74) is 0. The molecule has 0 aliphatic rings. The van der Waals surface area contributed by atoms with Crippen LogP contribution in [0.15, 0.2) is 0 Å². The van der Waals surface area contributed by atoms with Crippen molar-refractivity contribution in [2.75, 3.05) is 0 Å². The number of carboxylic acids is 1. The van der Waals surface area contributed by atoms with Crippen LogP contribution in [0.25, 0.3) is 0 Å². The Morgan fingerprint density at radius 2 is 1.50 bits per heavy atom. The van der Waals surface area contributed by atoms with Crippen LogP contribution >= 0.6 is 0 Å². The van der Waals surface area contributed by atoms with Crippen LogP contribution in [-0.4, -0.2) is 29.9 Å². The molecule has 0 aliphatic carbocycles. The van der Waals surface area contributed by atoms with E-state index < -0.39 is 5.97 Å². The number of carboxylic acid groups (broad SMARTS) is 1. The molecule has 0 aromatic rings. The van der Waals surface area contributed by atoms with Gasteiger partial charge in [-0.15, -0.1) is 0 Å². The summed E-state index contributed by atoms with van der Waals surface area (Å²) in [6.07, 6.45) is 0. The molecule has 0 heterocycles. The first-order valence-electron chi connectivity index (χ1n) is 0.928. The molecule has 0 spiro atoms. The van der Waals surface area contributed by atoms with E-state index in [0.29, 0.717) is 0 Å². The van der Waals surface area contributed by atoms with Gasteiger partial charge in [0, 0.05) is 57.3 Å². The Morgan fingerprint density at radius 3 is 1.50 bits per heavy atom. The third-order valence-electron chi connectivity index (χ3n) is 0. The number of aliphatic carboxylic acids is 1. The van der Waals surface area contributed by atoms with E-state index in [1.54, 1.807) is 0 Å². The van der Waals surface area contributed by atoms with Crippen LogP contribution in [0.1, 0.15) is 6.92 Å². The van der Waals surface area contributed by atoms with Crippen molar-refractivity contribution in [3.05, 3.63) is 0 Å². The third-order valence-corrected chi connectivity index (χ3v) is 0. The van der Waals surface area contributed by atoms with Crippen LogP contribution in [0.2, 0.25) is 0 Å². The van der Waals surface area contributed by atoms with Crippen LogP contribution in [0.5, 0.6) is 0 Å². The average Bonchev–Trinajstić information content (AvgIpc) is 0.811. The number of hydrogen-bond acceptors (Lipinski definition) is 1. The van der Waals surface area contributed by atoms with Gasteiger partial charge in [-0.05, 0) is 0 Å². The minimum Gasteiger partial charge on any atom is 0 e. The van der Waals surface area contributed by atoms with Crippen molar-refractivity contribution in [3.8, 4) is 0 Å². The quantitative estimate of drug-likeness (QED) is 0.576. The van der Waals surface area contributed by atoms with Crippen LogP contribution in [0.4, 0.5) is 0 Å². The fourth-order valence-corrected chi connectivity index (χ4v) is 0. The van der Waals surface area contributed by atoms with E-state index in [0.717, 1.165) is 6.92 Å². The third kappa shape index (κ3) is 131. The molecule has 0 rings (SSSR count). The zero-order valence-corrected chi connectivity index (χ0v) is 6.59. The normalized spacial score (nSPS) is 3.12. The second-order valence-corrected chi connectivity index (χ2v) is 0.519. The van der Waals surface area contributed by atoms with Crippen molar-refractivity contribution in [1.82, 2.24) is 0 Å². The summed E-state index contributed by atoms with van der Waals surface area (Å²) in [5.74, 6) is -0.833. The zero-order valence-electron chi connectivity index (χ0n) is 3.38. The summed E-state index contributed by atoms with van der Waals surface area (Å²) in [6.45, 7) is 1.08. The van der Waals surface area contributed by atoms with Gasteiger partial charge >= 0.3 is 18.9 Å². The second kappa shape index (κ2) is 23.5. The molecule has 8 heavy (non-hydrogen) atoms. The van der Waals surface area contributed by atoms with Gasteiger partial charge in [0.05, 0.1) is 0 Å². The van der Waals surface area contributed by atoms with Gasteiger partial charge in [0.1, 0.15) is 0 Å². The van der Waals surface area contributed by atoms with E-state index in [4.69, 9.17) is 9.90 Å². The predicted molar refractivity (Wildman–Crippen MR) is 20.5 cm³/mol. The van der Waals surface area contributed by atoms with E-state index in [2.05, 4.69) is 0 Å². The van der Waals surface area contributed by atoms with Crippen molar-refractivity contribution < 1.29 is 60.2 Å². The van der Waals surface area contributed by atoms with Crippen LogP contribution in [0.3, 0.4) is 0 Å². The molecule has 2 radical (unpaired) electrons. The minimum atomic E-state index is -0.833. The van der Waals surface area contributed by atoms with E-state index in [1.807, 2.05) is 0 Å². The fraction of sp³-hybridized carbons (Fsp3) is 0.500. The van der Waals surface area contributed by atoms with Crippen molar-refractivity contribution in [1.29, 1.82) is 0 Å². The topological polar surface area (TPSA) is 37.3 Å².